The molecule has 0 fully saturated rings. The molecule has 0 saturated carbocycles. The topological polar surface area (TPSA) is 80.5 Å². The Morgan fingerprint density at radius 3 is 2.73 bits per heavy atom. The van der Waals surface area contributed by atoms with Crippen molar-refractivity contribution in [1.29, 1.82) is 0 Å². The maximum Gasteiger partial charge on any atom is 0.416 e. The molecule has 2 aromatic heterocycles. The monoisotopic (exact) mass is 325 g/mol. The van der Waals surface area contributed by atoms with E-state index in [1.807, 2.05) is 0 Å². The number of hydrogen-bond acceptors (Lipinski definition) is 5. The van der Waals surface area contributed by atoms with Crippen LogP contribution >= 0.6 is 11.8 Å². The predicted molar refractivity (Wildman–Crippen MR) is 77.1 cm³/mol. The number of fused-ring (bicyclic) bond motifs is 1. The molecule has 0 aliphatic rings. The summed E-state index contributed by atoms with van der Waals surface area (Å²) in [7, 11) is 0. The number of alkyl halides is 3. The number of nitrogens with zero attached hydrogens (tertiary/aromatic N) is 3. The number of nitrogens with two attached hydrogens (primary N) is 1. The number of H-pyrrole nitrogens is 1. The number of imidazole rings is 1. The summed E-state index contributed by atoms with van der Waals surface area (Å²) in [6.45, 7) is 0. The van der Waals surface area contributed by atoms with Gasteiger partial charge in [-0.25, -0.2) is 9.97 Å². The van der Waals surface area contributed by atoms with E-state index in [-0.39, 0.29) is 17.3 Å². The minimum atomic E-state index is -4.38. The van der Waals surface area contributed by atoms with Crippen molar-refractivity contribution in [3.8, 4) is 0 Å². The normalized spacial score (nSPS) is 12.0. The van der Waals surface area contributed by atoms with Crippen LogP contribution in [0, 0.1) is 0 Å². The van der Waals surface area contributed by atoms with Crippen LogP contribution in [0.25, 0.3) is 11.2 Å². The molecule has 0 atom stereocenters. The molecule has 5 nitrogen and oxygen atoms in total. The molecule has 0 unspecified atom stereocenters. The van der Waals surface area contributed by atoms with Crippen molar-refractivity contribution in [3.05, 3.63) is 41.7 Å². The molecule has 0 aliphatic heterocycles. The van der Waals surface area contributed by atoms with E-state index in [1.165, 1.54) is 18.5 Å². The summed E-state index contributed by atoms with van der Waals surface area (Å²) in [5.74, 6) is 0.145. The molecule has 2 heterocycles. The number of nitrogen functional groups attached to an aromatic ring is 1. The van der Waals surface area contributed by atoms with Gasteiger partial charge in [0.05, 0.1) is 11.9 Å². The van der Waals surface area contributed by atoms with E-state index in [2.05, 4.69) is 19.9 Å². The van der Waals surface area contributed by atoms with Crippen LogP contribution in [0.1, 0.15) is 11.1 Å². The van der Waals surface area contributed by atoms with Crippen molar-refractivity contribution >= 4 is 28.9 Å². The molecule has 0 saturated heterocycles. The minimum Gasteiger partial charge on any atom is -0.368 e. The first-order valence-corrected chi connectivity index (χ1v) is 7.18. The summed E-state index contributed by atoms with van der Waals surface area (Å²) in [5.41, 5.74) is 6.07. The van der Waals surface area contributed by atoms with E-state index in [9.17, 15) is 13.2 Å². The van der Waals surface area contributed by atoms with Gasteiger partial charge in [0.2, 0.25) is 5.95 Å². The second-order valence-electron chi connectivity index (χ2n) is 4.43. The molecule has 0 radical (unpaired) electrons. The highest BCUT2D eigenvalue weighted by Gasteiger charge is 2.32. The molecule has 9 heteroatoms. The Morgan fingerprint density at radius 1 is 1.18 bits per heavy atom. The smallest absolute Gasteiger partial charge is 0.368 e. The molecule has 3 N–H and O–H groups in total. The average molecular weight is 325 g/mol. The van der Waals surface area contributed by atoms with Crippen molar-refractivity contribution in [2.45, 2.75) is 17.0 Å². The second kappa shape index (κ2) is 5.48. The van der Waals surface area contributed by atoms with E-state index < -0.39 is 11.7 Å². The molecule has 114 valence electrons. The van der Waals surface area contributed by atoms with Crippen LogP contribution in [0.2, 0.25) is 0 Å². The predicted octanol–water partition coefficient (Wildman–Crippen LogP) is 3.25. The maximum atomic E-state index is 13.0. The van der Waals surface area contributed by atoms with Gasteiger partial charge in [-0.3, -0.25) is 0 Å². The van der Waals surface area contributed by atoms with Crippen LogP contribution in [0.5, 0.6) is 0 Å². The van der Waals surface area contributed by atoms with E-state index in [4.69, 9.17) is 5.73 Å². The molecule has 3 aromatic rings. The van der Waals surface area contributed by atoms with Crippen molar-refractivity contribution in [2.75, 3.05) is 5.73 Å². The number of rotatable bonds is 3. The molecule has 0 spiro atoms. The number of aromatic amines is 1. The van der Waals surface area contributed by atoms with Crippen molar-refractivity contribution < 1.29 is 13.2 Å². The summed E-state index contributed by atoms with van der Waals surface area (Å²) in [6, 6.07) is 5.46. The van der Waals surface area contributed by atoms with Gasteiger partial charge in [-0.05, 0) is 11.6 Å². The van der Waals surface area contributed by atoms with E-state index in [0.717, 1.165) is 17.8 Å². The third kappa shape index (κ3) is 2.84. The number of hydrogen-bond donors (Lipinski definition) is 2. The first-order valence-electron chi connectivity index (χ1n) is 6.19. The Morgan fingerprint density at radius 2 is 1.95 bits per heavy atom. The zero-order valence-electron chi connectivity index (χ0n) is 11.1. The molecular weight excluding hydrogens is 315 g/mol. The SMILES string of the molecule is Nc1nc(SCc2ccccc2C(F)(F)F)c2[nH]cnc2n1. The Balaban J connectivity index is 1.91. The highest BCUT2D eigenvalue weighted by atomic mass is 32.2. The number of thioether (sulfide) groups is 1. The quantitative estimate of drug-likeness (QED) is 0.571. The lowest BCUT2D eigenvalue weighted by molar-refractivity contribution is -0.138. The van der Waals surface area contributed by atoms with Crippen LogP contribution in [-0.4, -0.2) is 19.9 Å². The molecule has 3 rings (SSSR count). The van der Waals surface area contributed by atoms with Gasteiger partial charge in [0.1, 0.15) is 10.5 Å². The lowest BCUT2D eigenvalue weighted by Crippen LogP contribution is -2.08. The number of nitrogens with one attached hydrogen (secondary N) is 1. The summed E-state index contributed by atoms with van der Waals surface area (Å²) in [5, 5.41) is 0.469. The van der Waals surface area contributed by atoms with Crippen molar-refractivity contribution in [1.82, 2.24) is 19.9 Å². The van der Waals surface area contributed by atoms with E-state index in [1.54, 1.807) is 6.07 Å². The van der Waals surface area contributed by atoms with Crippen LogP contribution in [0.15, 0.2) is 35.6 Å². The van der Waals surface area contributed by atoms with E-state index in [0.29, 0.717) is 16.2 Å². The molecule has 0 aliphatic carbocycles. The summed E-state index contributed by atoms with van der Waals surface area (Å²) in [6.07, 6.45) is -2.95. The zero-order chi connectivity index (χ0) is 15.7. The van der Waals surface area contributed by atoms with Gasteiger partial charge in [0.15, 0.2) is 5.65 Å². The first kappa shape index (κ1) is 14.6. The molecule has 0 bridgehead atoms. The van der Waals surface area contributed by atoms with E-state index >= 15 is 0 Å². The Bertz CT molecular complexity index is 815. The van der Waals surface area contributed by atoms with Crippen LogP contribution < -0.4 is 5.73 Å². The first-order chi connectivity index (χ1) is 10.4. The van der Waals surface area contributed by atoms with Gasteiger partial charge in [0.25, 0.3) is 0 Å². The highest BCUT2D eigenvalue weighted by molar-refractivity contribution is 7.98. The van der Waals surface area contributed by atoms with Crippen molar-refractivity contribution in [2.24, 2.45) is 0 Å². The highest BCUT2D eigenvalue weighted by Crippen LogP contribution is 2.35. The van der Waals surface area contributed by atoms with Crippen LogP contribution in [-0.2, 0) is 11.9 Å². The zero-order valence-corrected chi connectivity index (χ0v) is 11.9. The van der Waals surface area contributed by atoms with Gasteiger partial charge < -0.3 is 10.7 Å². The third-order valence-corrected chi connectivity index (χ3v) is 3.98. The van der Waals surface area contributed by atoms with Gasteiger partial charge in [-0.15, -0.1) is 0 Å². The lowest BCUT2D eigenvalue weighted by atomic mass is 10.1. The minimum absolute atomic E-state index is 0.0335. The van der Waals surface area contributed by atoms with Crippen LogP contribution in [0.4, 0.5) is 19.1 Å². The number of benzene rings is 1. The molecular formula is C13H10F3N5S. The second-order valence-corrected chi connectivity index (χ2v) is 5.40. The lowest BCUT2D eigenvalue weighted by Gasteiger charge is -2.12. The Hall–Kier alpha value is -2.29. The van der Waals surface area contributed by atoms with Gasteiger partial charge in [-0.2, -0.15) is 18.2 Å². The summed E-state index contributed by atoms with van der Waals surface area (Å²) in [4.78, 5) is 14.8. The standard InChI is InChI=1S/C13H10F3N5S/c14-13(15,16)8-4-2-1-3-7(8)5-22-11-9-10(19-6-18-9)20-12(17)21-11/h1-4,6H,5H2,(H3,17,18,19,20,21). The van der Waals surface area contributed by atoms with Gasteiger partial charge in [0, 0.05) is 5.75 Å². The molecule has 0 amide bonds. The van der Waals surface area contributed by atoms with Crippen LogP contribution in [0.3, 0.4) is 0 Å². The average Bonchev–Trinajstić information content (AvgIpc) is 2.92. The Kier molecular flexibility index (Phi) is 3.65. The fourth-order valence-corrected chi connectivity index (χ4v) is 2.99. The third-order valence-electron chi connectivity index (χ3n) is 2.96. The van der Waals surface area contributed by atoms with Gasteiger partial charge in [-0.1, -0.05) is 30.0 Å². The van der Waals surface area contributed by atoms with Gasteiger partial charge >= 0.3 is 6.18 Å². The maximum absolute atomic E-state index is 13.0. The summed E-state index contributed by atoms with van der Waals surface area (Å²) < 4.78 is 38.9. The molecule has 22 heavy (non-hydrogen) atoms. The fraction of sp³-hybridized carbons (Fsp3) is 0.154. The fourth-order valence-electron chi connectivity index (χ4n) is 2.00. The number of anilines is 1. The molecule has 1 aromatic carbocycles. The summed E-state index contributed by atoms with van der Waals surface area (Å²) >= 11 is 1.15. The number of aromatic nitrogens is 4. The largest absolute Gasteiger partial charge is 0.416 e. The number of halogens is 3. The Labute approximate surface area is 127 Å². The van der Waals surface area contributed by atoms with Crippen molar-refractivity contribution in [3.63, 3.8) is 0 Å².